The summed E-state index contributed by atoms with van der Waals surface area (Å²) >= 11 is 0. The molecule has 25 heavy (non-hydrogen) atoms. The summed E-state index contributed by atoms with van der Waals surface area (Å²) in [5.74, 6) is -0.293. The number of esters is 1. The van der Waals surface area contributed by atoms with Gasteiger partial charge in [0.25, 0.3) is 0 Å². The van der Waals surface area contributed by atoms with Crippen molar-refractivity contribution in [3.05, 3.63) is 78.0 Å². The van der Waals surface area contributed by atoms with Crippen molar-refractivity contribution in [3.8, 4) is 5.69 Å². The maximum absolute atomic E-state index is 12.7. The van der Waals surface area contributed by atoms with Gasteiger partial charge in [0, 0.05) is 0 Å². The third-order valence-corrected chi connectivity index (χ3v) is 4.41. The van der Waals surface area contributed by atoms with Crippen LogP contribution in [0.25, 0.3) is 22.4 Å². The Bertz CT molecular complexity index is 1080. The van der Waals surface area contributed by atoms with Crippen molar-refractivity contribution in [3.63, 3.8) is 0 Å². The molecule has 0 aliphatic heterocycles. The molecule has 0 saturated carbocycles. The largest absolute Gasteiger partial charge is 0.462 e. The zero-order chi connectivity index (χ0) is 17.4. The number of carbonyl (C=O) groups is 1. The molecule has 4 nitrogen and oxygen atoms in total. The summed E-state index contributed by atoms with van der Waals surface area (Å²) in [5, 5.41) is 0. The first-order chi connectivity index (χ1) is 12.2. The van der Waals surface area contributed by atoms with E-state index in [2.05, 4.69) is 21.1 Å². The number of pyridine rings is 1. The molecule has 0 bridgehead atoms. The predicted octanol–water partition coefficient (Wildman–Crippen LogP) is 3.85. The van der Waals surface area contributed by atoms with Crippen LogP contribution in [0.3, 0.4) is 0 Å². The van der Waals surface area contributed by atoms with Crippen LogP contribution in [-0.2, 0) is 4.74 Å². The van der Waals surface area contributed by atoms with E-state index in [4.69, 9.17) is 4.74 Å². The summed E-state index contributed by atoms with van der Waals surface area (Å²) < 4.78 is 9.51. The van der Waals surface area contributed by atoms with Gasteiger partial charge in [-0.2, -0.15) is 8.97 Å². The minimum Gasteiger partial charge on any atom is -0.462 e. The van der Waals surface area contributed by atoms with Crippen LogP contribution in [0.5, 0.6) is 0 Å². The summed E-state index contributed by atoms with van der Waals surface area (Å²) in [4.78, 5) is 12.7. The first kappa shape index (κ1) is 15.4. The Kier molecular flexibility index (Phi) is 3.73. The monoisotopic (exact) mass is 331 g/mol. The molecule has 4 heteroatoms. The van der Waals surface area contributed by atoms with Gasteiger partial charge in [-0.1, -0.05) is 30.3 Å². The first-order valence-electron chi connectivity index (χ1n) is 8.39. The third-order valence-electron chi connectivity index (χ3n) is 4.41. The number of rotatable bonds is 3. The van der Waals surface area contributed by atoms with E-state index in [1.807, 2.05) is 68.6 Å². The Morgan fingerprint density at radius 3 is 2.52 bits per heavy atom. The molecule has 124 valence electrons. The van der Waals surface area contributed by atoms with Crippen LogP contribution >= 0.6 is 0 Å². The Hall–Kier alpha value is -3.14. The van der Waals surface area contributed by atoms with Gasteiger partial charge in [0.15, 0.2) is 16.6 Å². The van der Waals surface area contributed by atoms with Gasteiger partial charge in [0.1, 0.15) is 5.69 Å². The molecular weight excluding hydrogens is 312 g/mol. The highest BCUT2D eigenvalue weighted by molar-refractivity contribution is 5.98. The molecule has 0 aliphatic carbocycles. The number of fused-ring (bicyclic) bond motifs is 3. The van der Waals surface area contributed by atoms with E-state index in [0.717, 1.165) is 27.9 Å². The quantitative estimate of drug-likeness (QED) is 0.422. The number of hydrogen-bond acceptors (Lipinski definition) is 2. The van der Waals surface area contributed by atoms with E-state index >= 15 is 0 Å². The summed E-state index contributed by atoms with van der Waals surface area (Å²) in [6.45, 7) is 4.12. The van der Waals surface area contributed by atoms with Crippen LogP contribution in [-0.4, -0.2) is 17.1 Å². The molecule has 0 spiro atoms. The SMILES string of the molecule is CCOC(=O)c1c(C)cc[n+]2c3ccccc3n(-c3ccccc3)c12. The molecule has 0 N–H and O–H groups in total. The lowest BCUT2D eigenvalue weighted by molar-refractivity contribution is -0.481. The zero-order valence-corrected chi connectivity index (χ0v) is 14.3. The second kappa shape index (κ2) is 6.06. The Morgan fingerprint density at radius 1 is 1.04 bits per heavy atom. The molecule has 0 saturated heterocycles. The minimum atomic E-state index is -0.293. The molecule has 2 heterocycles. The summed E-state index contributed by atoms with van der Waals surface area (Å²) in [6, 6.07) is 20.2. The predicted molar refractivity (Wildman–Crippen MR) is 97.1 cm³/mol. The van der Waals surface area contributed by atoms with Crippen LogP contribution in [0.1, 0.15) is 22.8 Å². The molecule has 0 aliphatic rings. The van der Waals surface area contributed by atoms with Crippen molar-refractivity contribution in [1.29, 1.82) is 0 Å². The van der Waals surface area contributed by atoms with Gasteiger partial charge in [-0.15, -0.1) is 0 Å². The summed E-state index contributed by atoms with van der Waals surface area (Å²) in [6.07, 6.45) is 2.01. The molecular formula is C21H19N2O2+. The highest BCUT2D eigenvalue weighted by Gasteiger charge is 2.28. The lowest BCUT2D eigenvalue weighted by atomic mass is 10.1. The van der Waals surface area contributed by atoms with Crippen LogP contribution in [0.15, 0.2) is 66.9 Å². The van der Waals surface area contributed by atoms with Gasteiger partial charge < -0.3 is 4.74 Å². The highest BCUT2D eigenvalue weighted by Crippen LogP contribution is 2.25. The van der Waals surface area contributed by atoms with Crippen molar-refractivity contribution in [2.24, 2.45) is 0 Å². The average Bonchev–Trinajstić information content (AvgIpc) is 2.96. The van der Waals surface area contributed by atoms with Crippen molar-refractivity contribution in [2.75, 3.05) is 6.61 Å². The number of carbonyl (C=O) groups excluding carboxylic acids is 1. The summed E-state index contributed by atoms with van der Waals surface area (Å²) in [5.41, 5.74) is 5.43. The molecule has 0 radical (unpaired) electrons. The number of benzene rings is 2. The third kappa shape index (κ3) is 2.38. The lowest BCUT2D eigenvalue weighted by Gasteiger charge is -2.06. The fraction of sp³-hybridized carbons (Fsp3) is 0.143. The molecule has 0 unspecified atom stereocenters. The van der Waals surface area contributed by atoms with Crippen LogP contribution in [0.4, 0.5) is 0 Å². The summed E-state index contributed by atoms with van der Waals surface area (Å²) in [7, 11) is 0. The van der Waals surface area contributed by atoms with Gasteiger partial charge in [-0.3, -0.25) is 0 Å². The fourth-order valence-electron chi connectivity index (χ4n) is 3.32. The first-order valence-corrected chi connectivity index (χ1v) is 8.39. The van der Waals surface area contributed by atoms with E-state index in [1.165, 1.54) is 0 Å². The minimum absolute atomic E-state index is 0.293. The lowest BCUT2D eigenvalue weighted by Crippen LogP contribution is -2.25. The van der Waals surface area contributed by atoms with Crippen molar-refractivity contribution in [1.82, 2.24) is 4.57 Å². The molecule has 4 rings (SSSR count). The molecule has 0 fully saturated rings. The van der Waals surface area contributed by atoms with E-state index in [-0.39, 0.29) is 5.97 Å². The van der Waals surface area contributed by atoms with Gasteiger partial charge in [-0.25, -0.2) is 4.79 Å². The van der Waals surface area contributed by atoms with E-state index < -0.39 is 0 Å². The van der Waals surface area contributed by atoms with E-state index in [1.54, 1.807) is 0 Å². The van der Waals surface area contributed by atoms with Crippen molar-refractivity contribution in [2.45, 2.75) is 13.8 Å². The number of para-hydroxylation sites is 3. The molecule has 2 aromatic heterocycles. The number of hydrogen-bond donors (Lipinski definition) is 0. The smallest absolute Gasteiger partial charge is 0.346 e. The van der Waals surface area contributed by atoms with Crippen LogP contribution in [0.2, 0.25) is 0 Å². The number of imidazole rings is 1. The fourth-order valence-corrected chi connectivity index (χ4v) is 3.32. The Labute approximate surface area is 145 Å². The Balaban J connectivity index is 2.20. The van der Waals surface area contributed by atoms with Gasteiger partial charge in [0.05, 0.1) is 12.8 Å². The number of aromatic nitrogens is 2. The second-order valence-corrected chi connectivity index (χ2v) is 5.95. The Morgan fingerprint density at radius 2 is 1.76 bits per heavy atom. The van der Waals surface area contributed by atoms with E-state index in [0.29, 0.717) is 12.2 Å². The average molecular weight is 331 g/mol. The second-order valence-electron chi connectivity index (χ2n) is 5.95. The number of nitrogens with zero attached hydrogens (tertiary/aromatic N) is 2. The zero-order valence-electron chi connectivity index (χ0n) is 14.3. The maximum Gasteiger partial charge on any atom is 0.346 e. The van der Waals surface area contributed by atoms with Crippen LogP contribution in [0, 0.1) is 6.92 Å². The maximum atomic E-state index is 12.7. The van der Waals surface area contributed by atoms with Gasteiger partial charge >= 0.3 is 11.6 Å². The van der Waals surface area contributed by atoms with Gasteiger partial charge in [0.2, 0.25) is 0 Å². The van der Waals surface area contributed by atoms with E-state index in [9.17, 15) is 4.79 Å². The van der Waals surface area contributed by atoms with Crippen molar-refractivity contribution >= 4 is 22.6 Å². The number of aryl methyl sites for hydroxylation is 1. The van der Waals surface area contributed by atoms with Crippen molar-refractivity contribution < 1.29 is 13.9 Å². The van der Waals surface area contributed by atoms with Gasteiger partial charge in [-0.05, 0) is 49.7 Å². The molecule has 4 aromatic rings. The molecule has 0 amide bonds. The normalized spacial score (nSPS) is 11.1. The standard InChI is InChI=1S/C21H19N2O2/c1-3-25-21(24)19-15(2)13-14-22-17-11-7-8-12-18(17)23(20(19)22)16-9-5-4-6-10-16/h4-14H,3H2,1-2H3/q+1. The number of ether oxygens (including phenoxy) is 1. The molecule has 2 aromatic carbocycles. The topological polar surface area (TPSA) is 35.3 Å². The molecule has 0 atom stereocenters. The highest BCUT2D eigenvalue weighted by atomic mass is 16.5. The van der Waals surface area contributed by atoms with Crippen LogP contribution < -0.4 is 4.40 Å².